The van der Waals surface area contributed by atoms with Crippen molar-refractivity contribution in [3.05, 3.63) is 57.9 Å². The van der Waals surface area contributed by atoms with E-state index >= 15 is 0 Å². The maximum absolute atomic E-state index is 12.9. The SMILES string of the molecule is CCOC(=O)c1c(C)[nH]c(C(=O)CN2CCN(C(=O)Cc3ccc(C)cc3)CC2)c1C. The van der Waals surface area contributed by atoms with Crippen molar-refractivity contribution in [1.29, 1.82) is 0 Å². The number of carbonyl (C=O) groups is 3. The van der Waals surface area contributed by atoms with E-state index in [0.717, 1.165) is 5.56 Å². The van der Waals surface area contributed by atoms with Gasteiger partial charge < -0.3 is 14.6 Å². The average Bonchev–Trinajstić information content (AvgIpc) is 3.04. The number of nitrogens with one attached hydrogen (secondary N) is 1. The number of Topliss-reactive ketones (excluding diaryl/α,β-unsaturated/α-hetero) is 1. The fraction of sp³-hybridized carbons (Fsp3) is 0.458. The number of esters is 1. The molecule has 1 aliphatic heterocycles. The number of nitrogens with zero attached hydrogens (tertiary/aromatic N) is 2. The van der Waals surface area contributed by atoms with Crippen molar-refractivity contribution >= 4 is 17.7 Å². The van der Waals surface area contributed by atoms with Crippen molar-refractivity contribution in [2.24, 2.45) is 0 Å². The Morgan fingerprint density at radius 2 is 1.65 bits per heavy atom. The first-order valence-corrected chi connectivity index (χ1v) is 10.7. The highest BCUT2D eigenvalue weighted by Crippen LogP contribution is 2.20. The van der Waals surface area contributed by atoms with Gasteiger partial charge in [0, 0.05) is 31.9 Å². The van der Waals surface area contributed by atoms with E-state index in [1.165, 1.54) is 5.56 Å². The summed E-state index contributed by atoms with van der Waals surface area (Å²) in [7, 11) is 0. The highest BCUT2D eigenvalue weighted by molar-refractivity contribution is 6.02. The van der Waals surface area contributed by atoms with Gasteiger partial charge in [-0.1, -0.05) is 29.8 Å². The number of ketones is 1. The number of H-pyrrole nitrogens is 1. The standard InChI is InChI=1S/C24H31N3O4/c1-5-31-24(30)22-17(3)23(25-18(22)4)20(28)15-26-10-12-27(13-11-26)21(29)14-19-8-6-16(2)7-9-19/h6-9,25H,5,10-15H2,1-4H3. The predicted octanol–water partition coefficient (Wildman–Crippen LogP) is 2.69. The lowest BCUT2D eigenvalue weighted by Crippen LogP contribution is -2.50. The lowest BCUT2D eigenvalue weighted by molar-refractivity contribution is -0.132. The number of hydrogen-bond acceptors (Lipinski definition) is 5. The van der Waals surface area contributed by atoms with Gasteiger partial charge in [0.05, 0.1) is 30.8 Å². The molecule has 0 spiro atoms. The van der Waals surface area contributed by atoms with Gasteiger partial charge in [0.25, 0.3) is 0 Å². The Kier molecular flexibility index (Phi) is 7.28. The van der Waals surface area contributed by atoms with Crippen LogP contribution in [0.3, 0.4) is 0 Å². The summed E-state index contributed by atoms with van der Waals surface area (Å²) >= 11 is 0. The van der Waals surface area contributed by atoms with Gasteiger partial charge in [-0.2, -0.15) is 0 Å². The van der Waals surface area contributed by atoms with Gasteiger partial charge in [0.2, 0.25) is 5.91 Å². The number of carbonyl (C=O) groups excluding carboxylic acids is 3. The minimum Gasteiger partial charge on any atom is -0.462 e. The smallest absolute Gasteiger partial charge is 0.340 e. The minimum atomic E-state index is -0.409. The summed E-state index contributed by atoms with van der Waals surface area (Å²) in [6.07, 6.45) is 0.400. The van der Waals surface area contributed by atoms with Gasteiger partial charge in [-0.05, 0) is 38.8 Å². The maximum atomic E-state index is 12.9. The number of benzene rings is 1. The second kappa shape index (κ2) is 9.92. The Bertz CT molecular complexity index is 954. The molecule has 1 amide bonds. The zero-order chi connectivity index (χ0) is 22.5. The summed E-state index contributed by atoms with van der Waals surface area (Å²) in [5.41, 5.74) is 4.37. The molecule has 0 radical (unpaired) electrons. The Morgan fingerprint density at radius 1 is 1.00 bits per heavy atom. The van der Waals surface area contributed by atoms with Crippen LogP contribution in [0.25, 0.3) is 0 Å². The topological polar surface area (TPSA) is 82.7 Å². The maximum Gasteiger partial charge on any atom is 0.340 e. The zero-order valence-corrected chi connectivity index (χ0v) is 18.8. The van der Waals surface area contributed by atoms with Crippen LogP contribution in [0.2, 0.25) is 0 Å². The average molecular weight is 426 g/mol. The first kappa shape index (κ1) is 22.7. The third-order valence-corrected chi connectivity index (χ3v) is 5.76. The van der Waals surface area contributed by atoms with Gasteiger partial charge in [-0.3, -0.25) is 14.5 Å². The van der Waals surface area contributed by atoms with Crippen LogP contribution in [0.5, 0.6) is 0 Å². The summed E-state index contributed by atoms with van der Waals surface area (Å²) < 4.78 is 5.10. The van der Waals surface area contributed by atoms with Crippen molar-refractivity contribution in [2.45, 2.75) is 34.1 Å². The molecular formula is C24H31N3O4. The summed E-state index contributed by atoms with van der Waals surface area (Å²) in [6.45, 7) is 10.4. The number of hydrogen-bond donors (Lipinski definition) is 1. The van der Waals surface area contributed by atoms with Crippen LogP contribution >= 0.6 is 0 Å². The molecule has 1 saturated heterocycles. The van der Waals surface area contributed by atoms with E-state index in [2.05, 4.69) is 9.88 Å². The van der Waals surface area contributed by atoms with E-state index in [4.69, 9.17) is 4.74 Å². The van der Waals surface area contributed by atoms with Gasteiger partial charge in [0.1, 0.15) is 0 Å². The van der Waals surface area contributed by atoms with Gasteiger partial charge >= 0.3 is 5.97 Å². The van der Waals surface area contributed by atoms with Gasteiger partial charge in [0.15, 0.2) is 5.78 Å². The number of aryl methyl sites for hydroxylation is 2. The number of rotatable bonds is 7. The molecule has 1 aromatic heterocycles. The number of aromatic amines is 1. The number of ether oxygens (including phenoxy) is 1. The zero-order valence-electron chi connectivity index (χ0n) is 18.8. The molecule has 166 valence electrons. The Morgan fingerprint density at radius 3 is 2.26 bits per heavy atom. The molecule has 7 heteroatoms. The Balaban J connectivity index is 1.54. The molecule has 0 atom stereocenters. The highest BCUT2D eigenvalue weighted by atomic mass is 16.5. The van der Waals surface area contributed by atoms with E-state index < -0.39 is 5.97 Å². The third kappa shape index (κ3) is 5.41. The van der Waals surface area contributed by atoms with E-state index in [-0.39, 0.29) is 18.2 Å². The van der Waals surface area contributed by atoms with Crippen LogP contribution in [0, 0.1) is 20.8 Å². The fourth-order valence-corrected chi connectivity index (χ4v) is 3.97. The van der Waals surface area contributed by atoms with E-state index in [0.29, 0.717) is 61.7 Å². The molecule has 7 nitrogen and oxygen atoms in total. The van der Waals surface area contributed by atoms with E-state index in [1.54, 1.807) is 20.8 Å². The summed E-state index contributed by atoms with van der Waals surface area (Å²) in [5.74, 6) is -0.353. The molecule has 0 aliphatic carbocycles. The summed E-state index contributed by atoms with van der Waals surface area (Å²) in [5, 5.41) is 0. The first-order chi connectivity index (χ1) is 14.8. The van der Waals surface area contributed by atoms with Crippen LogP contribution < -0.4 is 0 Å². The van der Waals surface area contributed by atoms with Crippen molar-refractivity contribution in [2.75, 3.05) is 39.3 Å². The Hall–Kier alpha value is -2.93. The minimum absolute atomic E-state index is 0.0596. The quantitative estimate of drug-likeness (QED) is 0.545. The largest absolute Gasteiger partial charge is 0.462 e. The second-order valence-electron chi connectivity index (χ2n) is 8.09. The van der Waals surface area contributed by atoms with Crippen LogP contribution in [0.4, 0.5) is 0 Å². The van der Waals surface area contributed by atoms with E-state index in [1.807, 2.05) is 36.1 Å². The lowest BCUT2D eigenvalue weighted by Gasteiger charge is -2.34. The molecule has 3 rings (SSSR count). The van der Waals surface area contributed by atoms with E-state index in [9.17, 15) is 14.4 Å². The molecular weight excluding hydrogens is 394 g/mol. The van der Waals surface area contributed by atoms with Crippen molar-refractivity contribution in [1.82, 2.24) is 14.8 Å². The lowest BCUT2D eigenvalue weighted by atomic mass is 10.1. The number of amides is 1. The Labute approximate surface area is 183 Å². The number of aromatic nitrogens is 1. The van der Waals surface area contributed by atoms with Crippen molar-refractivity contribution in [3.63, 3.8) is 0 Å². The molecule has 0 unspecified atom stereocenters. The molecule has 1 aromatic carbocycles. The third-order valence-electron chi connectivity index (χ3n) is 5.76. The molecule has 0 saturated carbocycles. The number of piperazine rings is 1. The highest BCUT2D eigenvalue weighted by Gasteiger charge is 2.26. The van der Waals surface area contributed by atoms with Crippen molar-refractivity contribution in [3.8, 4) is 0 Å². The monoisotopic (exact) mass is 425 g/mol. The molecule has 1 N–H and O–H groups in total. The first-order valence-electron chi connectivity index (χ1n) is 10.7. The van der Waals surface area contributed by atoms with Crippen LogP contribution in [-0.4, -0.2) is 71.8 Å². The fourth-order valence-electron chi connectivity index (χ4n) is 3.97. The molecule has 31 heavy (non-hydrogen) atoms. The predicted molar refractivity (Wildman–Crippen MR) is 118 cm³/mol. The molecule has 2 aromatic rings. The summed E-state index contributed by atoms with van der Waals surface area (Å²) in [4.78, 5) is 44.6. The van der Waals surface area contributed by atoms with Gasteiger partial charge in [-0.25, -0.2) is 4.79 Å². The van der Waals surface area contributed by atoms with Crippen LogP contribution in [-0.2, 0) is 16.0 Å². The molecule has 2 heterocycles. The molecule has 1 fully saturated rings. The molecule has 1 aliphatic rings. The van der Waals surface area contributed by atoms with Crippen LogP contribution in [0.1, 0.15) is 50.2 Å². The van der Waals surface area contributed by atoms with Gasteiger partial charge in [-0.15, -0.1) is 0 Å². The second-order valence-corrected chi connectivity index (χ2v) is 8.09. The molecule has 0 bridgehead atoms. The van der Waals surface area contributed by atoms with Crippen LogP contribution in [0.15, 0.2) is 24.3 Å². The normalized spacial score (nSPS) is 14.5. The van der Waals surface area contributed by atoms with Crippen molar-refractivity contribution < 1.29 is 19.1 Å². The summed E-state index contributed by atoms with van der Waals surface area (Å²) in [6, 6.07) is 8.02.